The van der Waals surface area contributed by atoms with Crippen LogP contribution in [0.15, 0.2) is 47.6 Å². The molecular weight excluding hydrogens is 463 g/mol. The summed E-state index contributed by atoms with van der Waals surface area (Å²) in [6.07, 6.45) is 1.75. The van der Waals surface area contributed by atoms with Crippen LogP contribution in [0, 0.1) is 6.92 Å². The summed E-state index contributed by atoms with van der Waals surface area (Å²) in [5.74, 6) is 1.66. The molecule has 1 atom stereocenters. The number of ether oxygens (including phenoxy) is 1. The summed E-state index contributed by atoms with van der Waals surface area (Å²) < 4.78 is 5.98. The molecule has 0 aliphatic heterocycles. The molecule has 1 aromatic heterocycles. The minimum absolute atomic E-state index is 0. The molecule has 1 heterocycles. The highest BCUT2D eigenvalue weighted by molar-refractivity contribution is 14.0. The highest BCUT2D eigenvalue weighted by Gasteiger charge is 2.07. The normalized spacial score (nSPS) is 12.1. The van der Waals surface area contributed by atoms with Crippen molar-refractivity contribution in [1.29, 1.82) is 0 Å². The standard InChI is InChI=1S/C19H25ClN4O.HI/c1-4-21-19(24-13-16-9-10-18(20)22-12-16)23-11-15(3)25-17-8-6-5-7-14(17)2;/h5-10,12,15H,4,11,13H2,1-3H3,(H2,21,23,24);1H. The van der Waals surface area contributed by atoms with Crippen LogP contribution in [0.25, 0.3) is 0 Å². The molecule has 1 unspecified atom stereocenters. The van der Waals surface area contributed by atoms with Gasteiger partial charge in [-0.2, -0.15) is 0 Å². The molecule has 0 saturated heterocycles. The second-order valence-corrected chi connectivity index (χ2v) is 6.15. The highest BCUT2D eigenvalue weighted by Crippen LogP contribution is 2.17. The molecule has 0 amide bonds. The first-order valence-electron chi connectivity index (χ1n) is 8.43. The van der Waals surface area contributed by atoms with Crippen molar-refractivity contribution < 1.29 is 4.74 Å². The average molecular weight is 489 g/mol. The number of nitrogens with one attached hydrogen (secondary N) is 2. The maximum atomic E-state index is 5.98. The van der Waals surface area contributed by atoms with Gasteiger partial charge in [-0.15, -0.1) is 24.0 Å². The van der Waals surface area contributed by atoms with Gasteiger partial charge in [-0.1, -0.05) is 35.9 Å². The molecule has 0 fully saturated rings. The van der Waals surface area contributed by atoms with Crippen molar-refractivity contribution in [3.05, 3.63) is 58.9 Å². The van der Waals surface area contributed by atoms with E-state index in [1.807, 2.05) is 51.1 Å². The number of aromatic nitrogens is 1. The number of para-hydroxylation sites is 1. The molecule has 26 heavy (non-hydrogen) atoms. The van der Waals surface area contributed by atoms with Gasteiger partial charge in [-0.3, -0.25) is 0 Å². The first kappa shape index (κ1) is 22.5. The molecule has 0 aliphatic carbocycles. The van der Waals surface area contributed by atoms with E-state index in [1.165, 1.54) is 0 Å². The van der Waals surface area contributed by atoms with Crippen LogP contribution in [-0.4, -0.2) is 30.1 Å². The summed E-state index contributed by atoms with van der Waals surface area (Å²) in [6.45, 7) is 8.09. The Bertz CT molecular complexity index is 694. The largest absolute Gasteiger partial charge is 0.489 e. The van der Waals surface area contributed by atoms with Gasteiger partial charge in [0.25, 0.3) is 0 Å². The van der Waals surface area contributed by atoms with Gasteiger partial charge in [0.15, 0.2) is 5.96 Å². The molecule has 7 heteroatoms. The molecule has 5 nitrogen and oxygen atoms in total. The van der Waals surface area contributed by atoms with Crippen LogP contribution in [0.4, 0.5) is 0 Å². The van der Waals surface area contributed by atoms with Gasteiger partial charge in [0.1, 0.15) is 17.0 Å². The molecule has 2 N–H and O–H groups in total. The number of halogens is 2. The zero-order valence-electron chi connectivity index (χ0n) is 15.3. The molecule has 0 saturated carbocycles. The topological polar surface area (TPSA) is 58.5 Å². The van der Waals surface area contributed by atoms with Crippen molar-refractivity contribution in [2.45, 2.75) is 33.4 Å². The first-order chi connectivity index (χ1) is 12.1. The van der Waals surface area contributed by atoms with Crippen LogP contribution >= 0.6 is 35.6 Å². The molecular formula is C19H26ClIN4O. The van der Waals surface area contributed by atoms with Crippen LogP contribution in [0.1, 0.15) is 25.0 Å². The van der Waals surface area contributed by atoms with Crippen molar-refractivity contribution in [2.75, 3.05) is 13.1 Å². The molecule has 2 aromatic rings. The van der Waals surface area contributed by atoms with Crippen molar-refractivity contribution in [1.82, 2.24) is 15.6 Å². The summed E-state index contributed by atoms with van der Waals surface area (Å²) in [6, 6.07) is 11.7. The van der Waals surface area contributed by atoms with E-state index in [0.717, 1.165) is 29.4 Å². The van der Waals surface area contributed by atoms with Crippen molar-refractivity contribution >= 4 is 41.5 Å². The fourth-order valence-electron chi connectivity index (χ4n) is 2.20. The van der Waals surface area contributed by atoms with Gasteiger partial charge in [-0.05, 0) is 44.0 Å². The Balaban J connectivity index is 0.00000338. The number of pyridine rings is 1. The number of rotatable bonds is 7. The van der Waals surface area contributed by atoms with Gasteiger partial charge < -0.3 is 15.4 Å². The Morgan fingerprint density at radius 2 is 2.00 bits per heavy atom. The Hall–Kier alpha value is -1.54. The lowest BCUT2D eigenvalue weighted by atomic mass is 10.2. The number of benzene rings is 1. The second-order valence-electron chi connectivity index (χ2n) is 5.76. The van der Waals surface area contributed by atoms with Crippen LogP contribution in [-0.2, 0) is 6.54 Å². The van der Waals surface area contributed by atoms with Crippen molar-refractivity contribution in [3.63, 3.8) is 0 Å². The lowest BCUT2D eigenvalue weighted by Crippen LogP contribution is -2.41. The van der Waals surface area contributed by atoms with E-state index in [-0.39, 0.29) is 30.1 Å². The molecule has 0 aliphatic rings. The van der Waals surface area contributed by atoms with Gasteiger partial charge in [-0.25, -0.2) is 9.98 Å². The average Bonchev–Trinajstić information content (AvgIpc) is 2.61. The lowest BCUT2D eigenvalue weighted by molar-refractivity contribution is 0.222. The summed E-state index contributed by atoms with van der Waals surface area (Å²) >= 11 is 5.80. The lowest BCUT2D eigenvalue weighted by Gasteiger charge is -2.18. The molecule has 0 spiro atoms. The Labute approximate surface area is 177 Å². The zero-order chi connectivity index (χ0) is 18.1. The predicted molar refractivity (Wildman–Crippen MR) is 119 cm³/mol. The monoisotopic (exact) mass is 488 g/mol. The highest BCUT2D eigenvalue weighted by atomic mass is 127. The second kappa shape index (κ2) is 12.0. The van der Waals surface area contributed by atoms with Gasteiger partial charge in [0.05, 0.1) is 13.1 Å². The number of hydrogen-bond donors (Lipinski definition) is 2. The number of nitrogens with zero attached hydrogens (tertiary/aromatic N) is 2. The quantitative estimate of drug-likeness (QED) is 0.266. The molecule has 1 aromatic carbocycles. The minimum atomic E-state index is 0. The maximum Gasteiger partial charge on any atom is 0.191 e. The van der Waals surface area contributed by atoms with Crippen LogP contribution in [0.5, 0.6) is 5.75 Å². The van der Waals surface area contributed by atoms with E-state index in [9.17, 15) is 0 Å². The third kappa shape index (κ3) is 7.78. The third-order valence-corrected chi connectivity index (χ3v) is 3.75. The summed E-state index contributed by atoms with van der Waals surface area (Å²) in [5.41, 5.74) is 2.14. The minimum Gasteiger partial charge on any atom is -0.489 e. The summed E-state index contributed by atoms with van der Waals surface area (Å²) in [4.78, 5) is 8.63. The number of aliphatic imine (C=N–C) groups is 1. The van der Waals surface area contributed by atoms with E-state index in [1.54, 1.807) is 12.3 Å². The Morgan fingerprint density at radius 3 is 2.65 bits per heavy atom. The molecule has 2 rings (SSSR count). The molecule has 0 radical (unpaired) electrons. The SMILES string of the molecule is CCNC(=NCc1ccc(Cl)nc1)NCC(C)Oc1ccccc1C.I. The fraction of sp³-hybridized carbons (Fsp3) is 0.368. The van der Waals surface area contributed by atoms with E-state index in [2.05, 4.69) is 20.6 Å². The molecule has 142 valence electrons. The molecule has 0 bridgehead atoms. The van der Waals surface area contributed by atoms with Crippen LogP contribution in [0.2, 0.25) is 5.15 Å². The zero-order valence-corrected chi connectivity index (χ0v) is 18.4. The number of aryl methyl sites for hydroxylation is 1. The van der Waals surface area contributed by atoms with Gasteiger partial charge >= 0.3 is 0 Å². The van der Waals surface area contributed by atoms with Crippen LogP contribution < -0.4 is 15.4 Å². The van der Waals surface area contributed by atoms with E-state index in [4.69, 9.17) is 16.3 Å². The fourth-order valence-corrected chi connectivity index (χ4v) is 2.31. The van der Waals surface area contributed by atoms with E-state index < -0.39 is 0 Å². The van der Waals surface area contributed by atoms with Gasteiger partial charge in [0, 0.05) is 12.7 Å². The van der Waals surface area contributed by atoms with Crippen molar-refractivity contribution in [2.24, 2.45) is 4.99 Å². The van der Waals surface area contributed by atoms with Gasteiger partial charge in [0.2, 0.25) is 0 Å². The van der Waals surface area contributed by atoms with Crippen LogP contribution in [0.3, 0.4) is 0 Å². The predicted octanol–water partition coefficient (Wildman–Crippen LogP) is 4.18. The van der Waals surface area contributed by atoms with E-state index >= 15 is 0 Å². The smallest absolute Gasteiger partial charge is 0.191 e. The first-order valence-corrected chi connectivity index (χ1v) is 8.81. The summed E-state index contributed by atoms with van der Waals surface area (Å²) in [7, 11) is 0. The Morgan fingerprint density at radius 1 is 1.23 bits per heavy atom. The van der Waals surface area contributed by atoms with E-state index in [0.29, 0.717) is 18.2 Å². The Kier molecular flexibility index (Phi) is 10.3. The maximum absolute atomic E-state index is 5.98. The third-order valence-electron chi connectivity index (χ3n) is 3.53. The number of guanidine groups is 1. The summed E-state index contributed by atoms with van der Waals surface area (Å²) in [5, 5.41) is 7.03. The number of hydrogen-bond acceptors (Lipinski definition) is 3. The van der Waals surface area contributed by atoms with Crippen molar-refractivity contribution in [3.8, 4) is 5.75 Å².